The molecule has 0 radical (unpaired) electrons. The molecule has 1 fully saturated rings. The molecule has 1 saturated heterocycles. The third-order valence-electron chi connectivity index (χ3n) is 5.04. The van der Waals surface area contributed by atoms with Gasteiger partial charge in [-0.1, -0.05) is 12.1 Å². The van der Waals surface area contributed by atoms with E-state index in [1.54, 1.807) is 7.11 Å². The Labute approximate surface area is 175 Å². The summed E-state index contributed by atoms with van der Waals surface area (Å²) in [6.45, 7) is 2.28. The number of likely N-dealkylation sites (tertiary alicyclic amines) is 1. The summed E-state index contributed by atoms with van der Waals surface area (Å²) in [6, 6.07) is 12.9. The van der Waals surface area contributed by atoms with Crippen LogP contribution in [0.1, 0.15) is 18.4 Å². The van der Waals surface area contributed by atoms with E-state index in [2.05, 4.69) is 20.9 Å². The van der Waals surface area contributed by atoms with Crippen LogP contribution in [0.25, 0.3) is 0 Å². The molecular weight excluding hydrogens is 387 g/mol. The van der Waals surface area contributed by atoms with E-state index in [9.17, 15) is 14.0 Å². The van der Waals surface area contributed by atoms with Crippen LogP contribution >= 0.6 is 0 Å². The number of piperidine rings is 1. The molecule has 2 aromatic carbocycles. The van der Waals surface area contributed by atoms with E-state index in [0.717, 1.165) is 37.2 Å². The molecule has 0 spiro atoms. The number of methoxy groups -OCH3 is 1. The number of halogens is 1. The van der Waals surface area contributed by atoms with Gasteiger partial charge in [-0.15, -0.1) is 0 Å². The third kappa shape index (κ3) is 6.73. The van der Waals surface area contributed by atoms with Crippen molar-refractivity contribution in [2.45, 2.75) is 25.4 Å². The van der Waals surface area contributed by atoms with Crippen molar-refractivity contribution in [1.29, 1.82) is 0 Å². The molecule has 0 bridgehead atoms. The van der Waals surface area contributed by atoms with Crippen LogP contribution in [0.15, 0.2) is 48.5 Å². The topological polar surface area (TPSA) is 82.7 Å². The van der Waals surface area contributed by atoms with Crippen molar-refractivity contribution >= 4 is 17.6 Å². The Balaban J connectivity index is 1.33. The smallest absolute Gasteiger partial charge is 0.319 e. The lowest BCUT2D eigenvalue weighted by atomic mass is 10.1. The van der Waals surface area contributed by atoms with E-state index < -0.39 is 0 Å². The summed E-state index contributed by atoms with van der Waals surface area (Å²) in [5.41, 5.74) is 1.55. The van der Waals surface area contributed by atoms with Crippen molar-refractivity contribution in [1.82, 2.24) is 15.5 Å². The van der Waals surface area contributed by atoms with Gasteiger partial charge < -0.3 is 20.7 Å². The summed E-state index contributed by atoms with van der Waals surface area (Å²) in [7, 11) is 1.62. The number of carbonyl (C=O) groups excluding carboxylic acids is 2. The summed E-state index contributed by atoms with van der Waals surface area (Å²) in [5, 5.41) is 8.56. The number of hydrogen-bond acceptors (Lipinski definition) is 4. The Morgan fingerprint density at radius 2 is 1.73 bits per heavy atom. The van der Waals surface area contributed by atoms with E-state index >= 15 is 0 Å². The van der Waals surface area contributed by atoms with Gasteiger partial charge in [0.1, 0.15) is 11.6 Å². The predicted molar refractivity (Wildman–Crippen MR) is 113 cm³/mol. The van der Waals surface area contributed by atoms with Gasteiger partial charge in [0.25, 0.3) is 0 Å². The van der Waals surface area contributed by atoms with Gasteiger partial charge >= 0.3 is 6.03 Å². The van der Waals surface area contributed by atoms with Gasteiger partial charge in [-0.05, 0) is 54.8 Å². The second-order valence-corrected chi connectivity index (χ2v) is 7.28. The van der Waals surface area contributed by atoms with Gasteiger partial charge in [0.2, 0.25) is 5.91 Å². The van der Waals surface area contributed by atoms with Gasteiger partial charge in [-0.3, -0.25) is 9.69 Å². The standard InChI is InChI=1S/C22H27FN4O3/c1-30-20-8-2-16(3-9-20)14-24-21(28)15-27-12-10-19(11-13-27)26-22(29)25-18-6-4-17(23)5-7-18/h2-9,19H,10-15H2,1H3,(H,24,28)(H2,25,26,29). The number of ether oxygens (including phenoxy) is 1. The maximum absolute atomic E-state index is 12.9. The van der Waals surface area contributed by atoms with E-state index in [-0.39, 0.29) is 23.8 Å². The van der Waals surface area contributed by atoms with Crippen molar-refractivity contribution in [2.75, 3.05) is 32.1 Å². The monoisotopic (exact) mass is 414 g/mol. The van der Waals surface area contributed by atoms with Gasteiger partial charge in [-0.2, -0.15) is 0 Å². The van der Waals surface area contributed by atoms with Gasteiger partial charge in [-0.25, -0.2) is 9.18 Å². The number of benzene rings is 2. The van der Waals surface area contributed by atoms with Crippen LogP contribution in [0.3, 0.4) is 0 Å². The molecule has 0 aromatic heterocycles. The maximum Gasteiger partial charge on any atom is 0.319 e. The number of urea groups is 1. The summed E-state index contributed by atoms with van der Waals surface area (Å²) in [5.74, 6) is 0.417. The summed E-state index contributed by atoms with van der Waals surface area (Å²) < 4.78 is 18.0. The number of nitrogens with one attached hydrogen (secondary N) is 3. The minimum absolute atomic E-state index is 0.0220. The van der Waals surface area contributed by atoms with Crippen molar-refractivity contribution < 1.29 is 18.7 Å². The molecule has 0 unspecified atom stereocenters. The number of carbonyl (C=O) groups is 2. The summed E-state index contributed by atoms with van der Waals surface area (Å²) >= 11 is 0. The van der Waals surface area contributed by atoms with Crippen molar-refractivity contribution in [2.24, 2.45) is 0 Å². The molecule has 1 aliphatic heterocycles. The maximum atomic E-state index is 12.9. The van der Waals surface area contributed by atoms with Gasteiger partial charge in [0, 0.05) is 31.4 Å². The Kier molecular flexibility index (Phi) is 7.62. The molecule has 8 heteroatoms. The highest BCUT2D eigenvalue weighted by atomic mass is 19.1. The largest absolute Gasteiger partial charge is 0.497 e. The molecule has 160 valence electrons. The molecule has 1 heterocycles. The molecule has 3 N–H and O–H groups in total. The third-order valence-corrected chi connectivity index (χ3v) is 5.04. The zero-order valence-corrected chi connectivity index (χ0v) is 17.0. The highest BCUT2D eigenvalue weighted by molar-refractivity contribution is 5.89. The molecule has 0 atom stereocenters. The van der Waals surface area contributed by atoms with Gasteiger partial charge in [0.05, 0.1) is 13.7 Å². The second kappa shape index (κ2) is 10.6. The first-order valence-electron chi connectivity index (χ1n) is 9.97. The molecule has 30 heavy (non-hydrogen) atoms. The van der Waals surface area contributed by atoms with Crippen LogP contribution in [0.5, 0.6) is 5.75 Å². The minimum Gasteiger partial charge on any atom is -0.497 e. The molecule has 1 aliphatic rings. The van der Waals surface area contributed by atoms with Crippen LogP contribution in [-0.4, -0.2) is 49.6 Å². The molecule has 2 aromatic rings. The molecule has 7 nitrogen and oxygen atoms in total. The number of rotatable bonds is 7. The normalized spacial score (nSPS) is 14.7. The quantitative estimate of drug-likeness (QED) is 0.651. The summed E-state index contributed by atoms with van der Waals surface area (Å²) in [4.78, 5) is 26.4. The lowest BCUT2D eigenvalue weighted by molar-refractivity contribution is -0.122. The predicted octanol–water partition coefficient (Wildman–Crippen LogP) is 2.74. The number of anilines is 1. The molecule has 0 aliphatic carbocycles. The fraction of sp³-hybridized carbons (Fsp3) is 0.364. The summed E-state index contributed by atoms with van der Waals surface area (Å²) in [6.07, 6.45) is 1.53. The Morgan fingerprint density at radius 1 is 1.07 bits per heavy atom. The Hall–Kier alpha value is -3.13. The molecule has 3 amide bonds. The molecular formula is C22H27FN4O3. The number of nitrogens with zero attached hydrogens (tertiary/aromatic N) is 1. The van der Waals surface area contributed by atoms with Crippen LogP contribution in [0.4, 0.5) is 14.9 Å². The van der Waals surface area contributed by atoms with Crippen molar-refractivity contribution in [3.8, 4) is 5.75 Å². The first kappa shape index (κ1) is 21.6. The first-order valence-corrected chi connectivity index (χ1v) is 9.97. The van der Waals surface area contributed by atoms with E-state index in [0.29, 0.717) is 18.8 Å². The van der Waals surface area contributed by atoms with Crippen molar-refractivity contribution in [3.05, 3.63) is 59.9 Å². The average Bonchev–Trinajstić information content (AvgIpc) is 2.75. The highest BCUT2D eigenvalue weighted by Crippen LogP contribution is 2.13. The lowest BCUT2D eigenvalue weighted by Crippen LogP contribution is -2.48. The SMILES string of the molecule is COc1ccc(CNC(=O)CN2CCC(NC(=O)Nc3ccc(F)cc3)CC2)cc1. The number of hydrogen-bond donors (Lipinski definition) is 3. The zero-order valence-electron chi connectivity index (χ0n) is 17.0. The van der Waals surface area contributed by atoms with E-state index in [1.165, 1.54) is 24.3 Å². The Bertz CT molecular complexity index is 834. The lowest BCUT2D eigenvalue weighted by Gasteiger charge is -2.31. The Morgan fingerprint density at radius 3 is 2.37 bits per heavy atom. The van der Waals surface area contributed by atoms with Gasteiger partial charge in [0.15, 0.2) is 0 Å². The van der Waals surface area contributed by atoms with Crippen molar-refractivity contribution in [3.63, 3.8) is 0 Å². The van der Waals surface area contributed by atoms with Crippen LogP contribution < -0.4 is 20.7 Å². The van der Waals surface area contributed by atoms with Crippen LogP contribution in [-0.2, 0) is 11.3 Å². The zero-order chi connectivity index (χ0) is 21.3. The minimum atomic E-state index is -0.346. The number of amides is 3. The highest BCUT2D eigenvalue weighted by Gasteiger charge is 2.22. The fourth-order valence-corrected chi connectivity index (χ4v) is 3.32. The average molecular weight is 414 g/mol. The van der Waals surface area contributed by atoms with Crippen LogP contribution in [0, 0.1) is 5.82 Å². The van der Waals surface area contributed by atoms with E-state index in [1.807, 2.05) is 24.3 Å². The first-order chi connectivity index (χ1) is 14.5. The second-order valence-electron chi connectivity index (χ2n) is 7.28. The molecule has 3 rings (SSSR count). The molecule has 0 saturated carbocycles. The van der Waals surface area contributed by atoms with E-state index in [4.69, 9.17) is 4.74 Å². The fourth-order valence-electron chi connectivity index (χ4n) is 3.32. The van der Waals surface area contributed by atoms with Crippen LogP contribution in [0.2, 0.25) is 0 Å².